The molecular weight excluding hydrogens is 793 g/mol. The predicted octanol–water partition coefficient (Wildman–Crippen LogP) is 5.66. The van der Waals surface area contributed by atoms with E-state index >= 15 is 0 Å². The maximum absolute atomic E-state index is 13.4. The Morgan fingerprint density at radius 3 is 2.56 bits per heavy atom. The van der Waals surface area contributed by atoms with Crippen LogP contribution >= 0.6 is 11.3 Å². The Kier molecular flexibility index (Phi) is 15.4. The normalized spacial score (nSPS) is 16.3. The highest BCUT2D eigenvalue weighted by Crippen LogP contribution is 2.39. The first-order valence-electron chi connectivity index (χ1n) is 21.7. The fraction of sp³-hybridized carbons (Fsp3) is 0.489. The molecule has 7 rings (SSSR count). The number of morpholine rings is 1. The molecule has 61 heavy (non-hydrogen) atoms. The Morgan fingerprint density at radius 2 is 1.77 bits per heavy atom. The van der Waals surface area contributed by atoms with Crippen molar-refractivity contribution >= 4 is 34.7 Å². The molecule has 3 N–H and O–H groups in total. The zero-order chi connectivity index (χ0) is 42.6. The van der Waals surface area contributed by atoms with E-state index < -0.39 is 0 Å². The number of benzene rings is 3. The Labute approximate surface area is 363 Å². The first kappa shape index (κ1) is 44.2. The highest BCUT2D eigenvalue weighted by atomic mass is 32.1. The van der Waals surface area contributed by atoms with Crippen molar-refractivity contribution in [3.05, 3.63) is 105 Å². The number of thiazole rings is 1. The van der Waals surface area contributed by atoms with E-state index in [0.29, 0.717) is 95.0 Å². The molecule has 1 spiro atoms. The van der Waals surface area contributed by atoms with Crippen molar-refractivity contribution < 1.29 is 33.7 Å². The van der Waals surface area contributed by atoms with E-state index in [1.807, 2.05) is 45.5 Å². The smallest absolute Gasteiger partial charge is 0.273 e. The van der Waals surface area contributed by atoms with Gasteiger partial charge in [-0.1, -0.05) is 74.5 Å². The summed E-state index contributed by atoms with van der Waals surface area (Å²) < 4.78 is 18.0. The van der Waals surface area contributed by atoms with Crippen LogP contribution in [0.1, 0.15) is 76.8 Å². The number of hydrogen-bond acceptors (Lipinski definition) is 11. The van der Waals surface area contributed by atoms with Gasteiger partial charge in [-0.15, -0.1) is 11.3 Å². The monoisotopic (exact) mass is 852 g/mol. The molecule has 1 aromatic heterocycles. The average molecular weight is 853 g/mol. The van der Waals surface area contributed by atoms with Crippen molar-refractivity contribution in [2.24, 2.45) is 0 Å². The number of nitrogens with zero attached hydrogens (tertiary/aromatic N) is 4. The average Bonchev–Trinajstić information content (AvgIpc) is 3.78. The minimum atomic E-state index is -0.292. The molecule has 4 aromatic rings. The molecule has 3 aliphatic heterocycles. The number of likely N-dealkylation sites (tertiary alicyclic amines) is 1. The minimum Gasteiger partial charge on any atom is -0.506 e. The molecular formula is C47H60N6O7S. The van der Waals surface area contributed by atoms with Gasteiger partial charge in [0.05, 0.1) is 43.4 Å². The summed E-state index contributed by atoms with van der Waals surface area (Å²) in [5, 5.41) is 19.2. The molecule has 2 fully saturated rings. The van der Waals surface area contributed by atoms with Crippen molar-refractivity contribution in [2.45, 2.75) is 70.4 Å². The number of aromatic nitrogens is 1. The minimum absolute atomic E-state index is 0.0185. The summed E-state index contributed by atoms with van der Waals surface area (Å²) in [6.07, 6.45) is 4.50. The van der Waals surface area contributed by atoms with Crippen LogP contribution in [0.5, 0.6) is 11.5 Å². The van der Waals surface area contributed by atoms with Crippen LogP contribution in [0.25, 0.3) is 0 Å². The fourth-order valence-electron chi connectivity index (χ4n) is 8.22. The lowest BCUT2D eigenvalue weighted by Gasteiger charge is -2.47. The van der Waals surface area contributed by atoms with Gasteiger partial charge in [-0.2, -0.15) is 0 Å². The number of hydrogen-bond donors (Lipinski definition) is 3. The Bertz CT molecular complexity index is 2090. The van der Waals surface area contributed by atoms with Gasteiger partial charge in [-0.25, -0.2) is 4.98 Å². The molecule has 0 aliphatic carbocycles. The zero-order valence-corrected chi connectivity index (χ0v) is 36.4. The molecule has 0 saturated carbocycles. The number of amides is 3. The topological polar surface area (TPSA) is 146 Å². The summed E-state index contributed by atoms with van der Waals surface area (Å²) >= 11 is 1.56. The van der Waals surface area contributed by atoms with Gasteiger partial charge in [0.15, 0.2) is 12.4 Å². The van der Waals surface area contributed by atoms with Gasteiger partial charge in [0.1, 0.15) is 17.1 Å². The number of rotatable bonds is 19. The molecule has 13 nitrogen and oxygen atoms in total. The maximum Gasteiger partial charge on any atom is 0.273 e. The number of carbonyl (C=O) groups is 3. The molecule has 0 radical (unpaired) electrons. The van der Waals surface area contributed by atoms with Crippen molar-refractivity contribution in [1.82, 2.24) is 25.0 Å². The van der Waals surface area contributed by atoms with E-state index in [2.05, 4.69) is 58.6 Å². The Hall–Kier alpha value is -4.86. The van der Waals surface area contributed by atoms with Crippen molar-refractivity contribution in [1.29, 1.82) is 0 Å². The summed E-state index contributed by atoms with van der Waals surface area (Å²) in [5.74, 6) is 0.576. The molecule has 2 saturated heterocycles. The van der Waals surface area contributed by atoms with Gasteiger partial charge in [0.2, 0.25) is 5.91 Å². The van der Waals surface area contributed by atoms with Gasteiger partial charge < -0.3 is 44.7 Å². The van der Waals surface area contributed by atoms with Crippen LogP contribution in [-0.4, -0.2) is 127 Å². The van der Waals surface area contributed by atoms with Gasteiger partial charge in [0, 0.05) is 57.1 Å². The Balaban J connectivity index is 0.803. The maximum atomic E-state index is 13.4. The van der Waals surface area contributed by atoms with Gasteiger partial charge >= 0.3 is 0 Å². The Morgan fingerprint density at radius 1 is 0.984 bits per heavy atom. The van der Waals surface area contributed by atoms with Crippen LogP contribution in [0.3, 0.4) is 0 Å². The number of nitrogens with one attached hydrogen (secondary N) is 2. The molecule has 3 aliphatic rings. The summed E-state index contributed by atoms with van der Waals surface area (Å²) in [6.45, 7) is 12.0. The van der Waals surface area contributed by atoms with Crippen LogP contribution in [-0.2, 0) is 44.9 Å². The number of carbonyl (C=O) groups excluding carboxylic acids is 3. The molecule has 326 valence electrons. The predicted molar refractivity (Wildman–Crippen MR) is 236 cm³/mol. The van der Waals surface area contributed by atoms with Crippen LogP contribution in [0, 0.1) is 0 Å². The van der Waals surface area contributed by atoms with E-state index in [0.717, 1.165) is 61.5 Å². The molecule has 0 bridgehead atoms. The molecule has 0 unspecified atom stereocenters. The quantitative estimate of drug-likeness (QED) is 0.0799. The van der Waals surface area contributed by atoms with E-state index in [1.54, 1.807) is 23.5 Å². The summed E-state index contributed by atoms with van der Waals surface area (Å²) in [7, 11) is 0. The zero-order valence-electron chi connectivity index (χ0n) is 35.5. The van der Waals surface area contributed by atoms with Crippen LogP contribution < -0.4 is 15.4 Å². The molecule has 0 atom stereocenters. The van der Waals surface area contributed by atoms with Crippen molar-refractivity contribution in [2.75, 3.05) is 84.1 Å². The van der Waals surface area contributed by atoms with Crippen LogP contribution in [0.15, 0.2) is 72.1 Å². The highest BCUT2D eigenvalue weighted by molar-refractivity contribution is 7.09. The molecule has 3 amide bonds. The van der Waals surface area contributed by atoms with E-state index in [-0.39, 0.29) is 35.7 Å². The second-order valence-electron chi connectivity index (χ2n) is 16.6. The van der Waals surface area contributed by atoms with Gasteiger partial charge in [0.25, 0.3) is 11.8 Å². The highest BCUT2D eigenvalue weighted by Gasteiger charge is 2.41. The standard InChI is InChI=1S/C47H60N6O7S/c1-34(2)45-49-39(32-61-45)46(57)53-25-28-60-47(33-53)17-22-51(23-18-47)21-14-35-9-6-10-36(29-35)15-26-58-27-16-42(56)52(30-37-7-4-3-5-8-37)24-20-48-19-13-38-11-12-40(54)43-44(38)59-31-41(55)50-43/h3-12,29,32,34,48,54H,13-28,30-31,33H2,1-2H3,(H,50,55). The SMILES string of the molecule is CC(C)c1nc(C(=O)N2CCOC3(CCN(CCc4cccc(CCOCCC(=O)N(CCNCCc5ccc(O)c6c5OCC(=O)N6)Cc5ccccc5)c4)CC3)C2)cs1. The van der Waals surface area contributed by atoms with E-state index in [9.17, 15) is 19.5 Å². The number of aromatic hydroxyl groups is 1. The molecule has 3 aromatic carbocycles. The van der Waals surface area contributed by atoms with Crippen molar-refractivity contribution in [3.63, 3.8) is 0 Å². The number of phenols is 1. The third-order valence-corrected chi connectivity index (χ3v) is 12.9. The summed E-state index contributed by atoms with van der Waals surface area (Å²) in [6, 6.07) is 22.1. The van der Waals surface area contributed by atoms with Crippen molar-refractivity contribution in [3.8, 4) is 11.5 Å². The number of anilines is 1. The summed E-state index contributed by atoms with van der Waals surface area (Å²) in [4.78, 5) is 49.4. The van der Waals surface area contributed by atoms with E-state index in [1.165, 1.54) is 11.1 Å². The lowest BCUT2D eigenvalue weighted by Crippen LogP contribution is -2.58. The van der Waals surface area contributed by atoms with Gasteiger partial charge in [-0.3, -0.25) is 14.4 Å². The molecule has 14 heteroatoms. The third kappa shape index (κ3) is 12.2. The fourth-order valence-corrected chi connectivity index (χ4v) is 9.03. The number of phenolic OH excluding ortho intramolecular Hbond substituents is 1. The van der Waals surface area contributed by atoms with E-state index in [4.69, 9.17) is 14.2 Å². The van der Waals surface area contributed by atoms with Gasteiger partial charge in [-0.05, 0) is 67.0 Å². The van der Waals surface area contributed by atoms with Crippen LogP contribution in [0.2, 0.25) is 0 Å². The second-order valence-corrected chi connectivity index (χ2v) is 17.5. The molecule has 4 heterocycles. The second kappa shape index (κ2) is 21.3. The first-order chi connectivity index (χ1) is 29.6. The largest absolute Gasteiger partial charge is 0.506 e. The number of piperidine rings is 1. The third-order valence-electron chi connectivity index (χ3n) is 11.8. The first-order valence-corrected chi connectivity index (χ1v) is 22.6. The number of fused-ring (bicyclic) bond motifs is 1. The number of ether oxygens (including phenoxy) is 3. The lowest BCUT2D eigenvalue weighted by molar-refractivity contribution is -0.133. The lowest BCUT2D eigenvalue weighted by atomic mass is 9.89. The summed E-state index contributed by atoms with van der Waals surface area (Å²) in [5.41, 5.74) is 5.08. The van der Waals surface area contributed by atoms with Crippen LogP contribution in [0.4, 0.5) is 5.69 Å².